The highest BCUT2D eigenvalue weighted by Crippen LogP contribution is 1.98. The van der Waals surface area contributed by atoms with Gasteiger partial charge in [0.05, 0.1) is 0 Å². The smallest absolute Gasteiger partial charge is 0.129 e. The predicted molar refractivity (Wildman–Crippen MR) is 37.4 cm³/mol. The average Bonchev–Trinajstić information content (AvgIpc) is 1.94. The van der Waals surface area contributed by atoms with Gasteiger partial charge in [-0.25, -0.2) is 4.98 Å². The van der Waals surface area contributed by atoms with Crippen LogP contribution >= 0.6 is 11.6 Å². The van der Waals surface area contributed by atoms with Gasteiger partial charge < -0.3 is 5.11 Å². The molecular formula is C6H8ClNO. The highest BCUT2D eigenvalue weighted by atomic mass is 35.5. The molecule has 0 spiro atoms. The Bertz CT molecular complexity index is 143. The van der Waals surface area contributed by atoms with E-state index in [-0.39, 0.29) is 0 Å². The normalized spacial score (nSPS) is 7.44. The lowest BCUT2D eigenvalue weighted by Gasteiger charge is -1.79. The molecule has 9 heavy (non-hydrogen) atoms. The molecule has 0 aliphatic rings. The van der Waals surface area contributed by atoms with E-state index in [9.17, 15) is 0 Å². The largest absolute Gasteiger partial charge is 0.400 e. The van der Waals surface area contributed by atoms with Gasteiger partial charge in [-0.3, -0.25) is 0 Å². The number of rotatable bonds is 0. The molecule has 0 saturated carbocycles. The van der Waals surface area contributed by atoms with Crippen LogP contribution in [0.25, 0.3) is 0 Å². The maximum atomic E-state index is 7.00. The first-order valence-electron chi connectivity index (χ1n) is 2.41. The van der Waals surface area contributed by atoms with Gasteiger partial charge in [-0.15, -0.1) is 0 Å². The Morgan fingerprint density at radius 1 is 1.44 bits per heavy atom. The van der Waals surface area contributed by atoms with Crippen LogP contribution in [0.3, 0.4) is 0 Å². The summed E-state index contributed by atoms with van der Waals surface area (Å²) in [4.78, 5) is 3.74. The van der Waals surface area contributed by atoms with Crippen molar-refractivity contribution in [1.82, 2.24) is 4.98 Å². The third-order valence-corrected chi connectivity index (χ3v) is 0.852. The van der Waals surface area contributed by atoms with Crippen LogP contribution < -0.4 is 0 Å². The molecule has 0 bridgehead atoms. The molecule has 0 radical (unpaired) electrons. The molecule has 0 aromatic carbocycles. The minimum Gasteiger partial charge on any atom is -0.400 e. The second-order valence-corrected chi connectivity index (χ2v) is 1.54. The minimum atomic E-state index is 0.544. The fraction of sp³-hybridized carbons (Fsp3) is 0.167. The lowest BCUT2D eigenvalue weighted by molar-refractivity contribution is 0.399. The molecule has 0 amide bonds. The van der Waals surface area contributed by atoms with Gasteiger partial charge in [-0.05, 0) is 12.1 Å². The topological polar surface area (TPSA) is 33.1 Å². The van der Waals surface area contributed by atoms with Crippen molar-refractivity contribution in [2.45, 2.75) is 0 Å². The lowest BCUT2D eigenvalue weighted by atomic mass is 10.5. The van der Waals surface area contributed by atoms with E-state index < -0.39 is 0 Å². The van der Waals surface area contributed by atoms with Gasteiger partial charge in [0.2, 0.25) is 0 Å². The third-order valence-electron chi connectivity index (χ3n) is 0.629. The van der Waals surface area contributed by atoms with Crippen molar-refractivity contribution < 1.29 is 5.11 Å². The van der Waals surface area contributed by atoms with Crippen LogP contribution in [0.4, 0.5) is 0 Å². The number of aliphatic hydroxyl groups excluding tert-OH is 1. The quantitative estimate of drug-likeness (QED) is 0.559. The summed E-state index contributed by atoms with van der Waals surface area (Å²) in [5, 5.41) is 7.54. The van der Waals surface area contributed by atoms with Gasteiger partial charge in [0, 0.05) is 13.3 Å². The summed E-state index contributed by atoms with van der Waals surface area (Å²) in [6.07, 6.45) is 1.66. The molecule has 0 aliphatic heterocycles. The molecule has 3 heteroatoms. The Hall–Kier alpha value is -0.600. The second-order valence-electron chi connectivity index (χ2n) is 1.15. The van der Waals surface area contributed by atoms with E-state index in [0.29, 0.717) is 5.15 Å². The summed E-state index contributed by atoms with van der Waals surface area (Å²) >= 11 is 5.43. The fourth-order valence-corrected chi connectivity index (χ4v) is 0.471. The zero-order valence-electron chi connectivity index (χ0n) is 5.08. The Kier molecular flexibility index (Phi) is 5.17. The van der Waals surface area contributed by atoms with E-state index >= 15 is 0 Å². The van der Waals surface area contributed by atoms with Crippen LogP contribution in [0.2, 0.25) is 5.15 Å². The summed E-state index contributed by atoms with van der Waals surface area (Å²) in [6, 6.07) is 5.41. The zero-order chi connectivity index (χ0) is 7.11. The van der Waals surface area contributed by atoms with E-state index in [1.807, 2.05) is 12.1 Å². The van der Waals surface area contributed by atoms with Gasteiger partial charge in [0.15, 0.2) is 0 Å². The monoisotopic (exact) mass is 145 g/mol. The molecule has 0 aliphatic carbocycles. The van der Waals surface area contributed by atoms with Crippen molar-refractivity contribution >= 4 is 11.6 Å². The maximum absolute atomic E-state index is 7.00. The molecule has 0 unspecified atom stereocenters. The van der Waals surface area contributed by atoms with E-state index in [1.165, 1.54) is 0 Å². The van der Waals surface area contributed by atoms with Gasteiger partial charge in [0.1, 0.15) is 5.15 Å². The highest BCUT2D eigenvalue weighted by molar-refractivity contribution is 6.29. The summed E-state index contributed by atoms with van der Waals surface area (Å²) in [5.74, 6) is 0. The number of hydrogen-bond acceptors (Lipinski definition) is 2. The van der Waals surface area contributed by atoms with Crippen LogP contribution in [0, 0.1) is 0 Å². The lowest BCUT2D eigenvalue weighted by Crippen LogP contribution is -1.65. The molecule has 1 aromatic rings. The van der Waals surface area contributed by atoms with Gasteiger partial charge in [0.25, 0.3) is 0 Å². The molecule has 1 aromatic heterocycles. The van der Waals surface area contributed by atoms with Crippen molar-refractivity contribution in [2.24, 2.45) is 0 Å². The number of nitrogens with zero attached hydrogens (tertiary/aromatic N) is 1. The Labute approximate surface area is 59.1 Å². The van der Waals surface area contributed by atoms with Crippen LogP contribution in [-0.2, 0) is 0 Å². The van der Waals surface area contributed by atoms with Gasteiger partial charge >= 0.3 is 0 Å². The van der Waals surface area contributed by atoms with E-state index in [2.05, 4.69) is 4.98 Å². The predicted octanol–water partition coefficient (Wildman–Crippen LogP) is 1.34. The molecule has 1 rings (SSSR count). The molecule has 1 heterocycles. The molecule has 50 valence electrons. The Balaban J connectivity index is 0.000000291. The minimum absolute atomic E-state index is 0.544. The second kappa shape index (κ2) is 5.54. The third kappa shape index (κ3) is 3.94. The van der Waals surface area contributed by atoms with Gasteiger partial charge in [-0.2, -0.15) is 0 Å². The van der Waals surface area contributed by atoms with E-state index in [0.717, 1.165) is 7.11 Å². The van der Waals surface area contributed by atoms with Crippen molar-refractivity contribution in [1.29, 1.82) is 0 Å². The molecule has 0 saturated heterocycles. The van der Waals surface area contributed by atoms with Gasteiger partial charge in [-0.1, -0.05) is 17.7 Å². The average molecular weight is 146 g/mol. The van der Waals surface area contributed by atoms with Crippen LogP contribution in [0.5, 0.6) is 0 Å². The standard InChI is InChI=1S/C5H4ClN.CH4O/c6-5-3-1-2-4-7-5;1-2/h1-4H;2H,1H3. The first-order chi connectivity index (χ1) is 4.39. The number of aliphatic hydroxyl groups is 1. The molecule has 0 fully saturated rings. The fourth-order valence-electron chi connectivity index (χ4n) is 0.342. The Morgan fingerprint density at radius 2 is 2.11 bits per heavy atom. The summed E-state index contributed by atoms with van der Waals surface area (Å²) < 4.78 is 0. The van der Waals surface area contributed by atoms with E-state index in [4.69, 9.17) is 16.7 Å². The molecule has 2 nitrogen and oxygen atoms in total. The Morgan fingerprint density at radius 3 is 2.33 bits per heavy atom. The van der Waals surface area contributed by atoms with Crippen molar-refractivity contribution in [2.75, 3.05) is 7.11 Å². The molecule has 0 atom stereocenters. The summed E-state index contributed by atoms with van der Waals surface area (Å²) in [7, 11) is 1.00. The van der Waals surface area contributed by atoms with Crippen LogP contribution in [0.15, 0.2) is 24.4 Å². The number of pyridine rings is 1. The number of hydrogen-bond donors (Lipinski definition) is 1. The summed E-state index contributed by atoms with van der Waals surface area (Å²) in [5.41, 5.74) is 0. The maximum Gasteiger partial charge on any atom is 0.129 e. The van der Waals surface area contributed by atoms with Crippen molar-refractivity contribution in [3.8, 4) is 0 Å². The molecular weight excluding hydrogens is 138 g/mol. The summed E-state index contributed by atoms with van der Waals surface area (Å²) in [6.45, 7) is 0. The molecule has 1 N–H and O–H groups in total. The highest BCUT2D eigenvalue weighted by Gasteiger charge is 1.76. The first kappa shape index (κ1) is 8.40. The first-order valence-corrected chi connectivity index (χ1v) is 2.78. The van der Waals surface area contributed by atoms with Crippen molar-refractivity contribution in [3.05, 3.63) is 29.5 Å². The van der Waals surface area contributed by atoms with Crippen LogP contribution in [-0.4, -0.2) is 17.2 Å². The number of halogens is 1. The van der Waals surface area contributed by atoms with Crippen LogP contribution in [0.1, 0.15) is 0 Å². The zero-order valence-corrected chi connectivity index (χ0v) is 5.84. The number of aromatic nitrogens is 1. The van der Waals surface area contributed by atoms with Crippen molar-refractivity contribution in [3.63, 3.8) is 0 Å². The van der Waals surface area contributed by atoms with E-state index in [1.54, 1.807) is 12.3 Å². The SMILES string of the molecule is CO.Clc1ccccn1.